The zero-order valence-corrected chi connectivity index (χ0v) is 13.3. The quantitative estimate of drug-likeness (QED) is 0.897. The van der Waals surface area contributed by atoms with Gasteiger partial charge < -0.3 is 10.4 Å². The van der Waals surface area contributed by atoms with Gasteiger partial charge in [-0.15, -0.1) is 11.3 Å². The zero-order chi connectivity index (χ0) is 14.8. The van der Waals surface area contributed by atoms with Crippen molar-refractivity contribution in [1.82, 2.24) is 10.3 Å². The molecule has 20 heavy (non-hydrogen) atoms. The van der Waals surface area contributed by atoms with Gasteiger partial charge in [0.25, 0.3) is 0 Å². The van der Waals surface area contributed by atoms with Crippen LogP contribution in [0, 0.1) is 0 Å². The standard InChI is InChI=1S/C15H24N2O2S/c1-14(2,3)13-16-11(9-20-13)8-12(19)17-15(10-18)6-4-5-7-15/h9,18H,4-8,10H2,1-3H3,(H,17,19). The van der Waals surface area contributed by atoms with Gasteiger partial charge in [0, 0.05) is 10.8 Å². The van der Waals surface area contributed by atoms with Gasteiger partial charge in [0.05, 0.1) is 29.3 Å². The topological polar surface area (TPSA) is 62.2 Å². The summed E-state index contributed by atoms with van der Waals surface area (Å²) in [6.45, 7) is 6.39. The summed E-state index contributed by atoms with van der Waals surface area (Å²) in [7, 11) is 0. The first kappa shape index (κ1) is 15.4. The van der Waals surface area contributed by atoms with Crippen LogP contribution in [0.4, 0.5) is 0 Å². The fourth-order valence-electron chi connectivity index (χ4n) is 2.61. The lowest BCUT2D eigenvalue weighted by molar-refractivity contribution is -0.123. The third kappa shape index (κ3) is 3.58. The van der Waals surface area contributed by atoms with E-state index in [0.717, 1.165) is 36.4 Å². The van der Waals surface area contributed by atoms with Crippen molar-refractivity contribution in [1.29, 1.82) is 0 Å². The van der Waals surface area contributed by atoms with Gasteiger partial charge in [0.15, 0.2) is 0 Å². The van der Waals surface area contributed by atoms with E-state index in [4.69, 9.17) is 0 Å². The average Bonchev–Trinajstić information content (AvgIpc) is 2.98. The Morgan fingerprint density at radius 1 is 1.45 bits per heavy atom. The molecule has 0 unspecified atom stereocenters. The first-order chi connectivity index (χ1) is 9.35. The smallest absolute Gasteiger partial charge is 0.226 e. The number of thiazole rings is 1. The minimum absolute atomic E-state index is 0.0250. The molecule has 0 spiro atoms. The molecule has 1 aromatic heterocycles. The lowest BCUT2D eigenvalue weighted by Gasteiger charge is -2.27. The molecule has 1 aliphatic carbocycles. The molecule has 0 radical (unpaired) electrons. The van der Waals surface area contributed by atoms with Crippen molar-refractivity contribution in [3.8, 4) is 0 Å². The van der Waals surface area contributed by atoms with E-state index < -0.39 is 0 Å². The summed E-state index contributed by atoms with van der Waals surface area (Å²) in [5.74, 6) is -0.0355. The third-order valence-electron chi connectivity index (χ3n) is 3.80. The van der Waals surface area contributed by atoms with Crippen molar-refractivity contribution in [3.05, 3.63) is 16.1 Å². The molecule has 1 amide bonds. The summed E-state index contributed by atoms with van der Waals surface area (Å²) in [4.78, 5) is 16.7. The molecule has 0 atom stereocenters. The molecule has 1 fully saturated rings. The third-order valence-corrected chi connectivity index (χ3v) is 5.12. The molecule has 0 aliphatic heterocycles. The number of aliphatic hydroxyl groups excluding tert-OH is 1. The fourth-order valence-corrected chi connectivity index (χ4v) is 3.52. The number of aromatic nitrogens is 1. The SMILES string of the molecule is CC(C)(C)c1nc(CC(=O)NC2(CO)CCCC2)cs1. The maximum absolute atomic E-state index is 12.1. The van der Waals surface area contributed by atoms with Gasteiger partial charge >= 0.3 is 0 Å². The van der Waals surface area contributed by atoms with Crippen molar-refractivity contribution in [2.45, 2.75) is 63.8 Å². The van der Waals surface area contributed by atoms with Gasteiger partial charge in [-0.25, -0.2) is 4.98 Å². The van der Waals surface area contributed by atoms with E-state index in [1.807, 2.05) is 5.38 Å². The Bertz CT molecular complexity index is 470. The predicted molar refractivity (Wildman–Crippen MR) is 80.9 cm³/mol. The predicted octanol–water partition coefficient (Wildman–Crippen LogP) is 2.40. The molecule has 0 aromatic carbocycles. The van der Waals surface area contributed by atoms with Crippen LogP contribution < -0.4 is 5.32 Å². The second-order valence-corrected chi connectivity index (χ2v) is 7.62. The van der Waals surface area contributed by atoms with Crippen LogP contribution in [0.1, 0.15) is 57.2 Å². The normalized spacial score (nSPS) is 18.2. The molecule has 1 aromatic rings. The number of hydrogen-bond donors (Lipinski definition) is 2. The van der Waals surface area contributed by atoms with Gasteiger partial charge in [-0.1, -0.05) is 33.6 Å². The number of hydrogen-bond acceptors (Lipinski definition) is 4. The van der Waals surface area contributed by atoms with Gasteiger partial charge in [0.1, 0.15) is 0 Å². The van der Waals surface area contributed by atoms with E-state index in [0.29, 0.717) is 6.42 Å². The van der Waals surface area contributed by atoms with E-state index in [2.05, 4.69) is 31.1 Å². The van der Waals surface area contributed by atoms with Crippen molar-refractivity contribution in [2.75, 3.05) is 6.61 Å². The van der Waals surface area contributed by atoms with E-state index in [-0.39, 0.29) is 23.5 Å². The van der Waals surface area contributed by atoms with E-state index in [1.165, 1.54) is 0 Å². The Kier molecular flexibility index (Phi) is 4.49. The Labute approximate surface area is 124 Å². The molecule has 2 N–H and O–H groups in total. The second-order valence-electron chi connectivity index (χ2n) is 6.76. The van der Waals surface area contributed by atoms with Crippen LogP contribution in [-0.4, -0.2) is 28.1 Å². The minimum atomic E-state index is -0.389. The van der Waals surface area contributed by atoms with Crippen LogP contribution in [0.2, 0.25) is 0 Å². The van der Waals surface area contributed by atoms with Crippen LogP contribution >= 0.6 is 11.3 Å². The molecule has 0 bridgehead atoms. The highest BCUT2D eigenvalue weighted by atomic mass is 32.1. The number of aliphatic hydroxyl groups is 1. The largest absolute Gasteiger partial charge is 0.394 e. The van der Waals surface area contributed by atoms with Gasteiger partial charge in [0.2, 0.25) is 5.91 Å². The van der Waals surface area contributed by atoms with Gasteiger partial charge in [-0.3, -0.25) is 4.79 Å². The number of carbonyl (C=O) groups excluding carboxylic acids is 1. The molecular formula is C15H24N2O2S. The number of amides is 1. The molecule has 1 saturated carbocycles. The first-order valence-electron chi connectivity index (χ1n) is 7.21. The molecule has 1 heterocycles. The van der Waals surface area contributed by atoms with Crippen LogP contribution in [0.15, 0.2) is 5.38 Å². The lowest BCUT2D eigenvalue weighted by Crippen LogP contribution is -2.49. The number of carbonyl (C=O) groups is 1. The molecule has 112 valence electrons. The summed E-state index contributed by atoms with van der Waals surface area (Å²) in [6, 6.07) is 0. The average molecular weight is 296 g/mol. The van der Waals surface area contributed by atoms with E-state index >= 15 is 0 Å². The number of nitrogens with one attached hydrogen (secondary N) is 1. The Morgan fingerprint density at radius 3 is 2.60 bits per heavy atom. The number of rotatable bonds is 4. The van der Waals surface area contributed by atoms with Crippen molar-refractivity contribution >= 4 is 17.2 Å². The van der Waals surface area contributed by atoms with Crippen LogP contribution in [0.5, 0.6) is 0 Å². The minimum Gasteiger partial charge on any atom is -0.394 e. The molecule has 4 nitrogen and oxygen atoms in total. The monoisotopic (exact) mass is 296 g/mol. The Balaban J connectivity index is 1.96. The highest BCUT2D eigenvalue weighted by molar-refractivity contribution is 7.09. The first-order valence-corrected chi connectivity index (χ1v) is 8.09. The molecule has 1 aliphatic rings. The summed E-state index contributed by atoms with van der Waals surface area (Å²) >= 11 is 1.61. The zero-order valence-electron chi connectivity index (χ0n) is 12.5. The van der Waals surface area contributed by atoms with Crippen molar-refractivity contribution < 1.29 is 9.90 Å². The van der Waals surface area contributed by atoms with Gasteiger partial charge in [-0.05, 0) is 12.8 Å². The summed E-state index contributed by atoms with van der Waals surface area (Å²) < 4.78 is 0. The maximum Gasteiger partial charge on any atom is 0.226 e. The van der Waals surface area contributed by atoms with E-state index in [1.54, 1.807) is 11.3 Å². The van der Waals surface area contributed by atoms with E-state index in [9.17, 15) is 9.90 Å². The molecule has 5 heteroatoms. The van der Waals surface area contributed by atoms with Crippen molar-refractivity contribution in [2.24, 2.45) is 0 Å². The Hall–Kier alpha value is -0.940. The fraction of sp³-hybridized carbons (Fsp3) is 0.733. The Morgan fingerprint density at radius 2 is 2.10 bits per heavy atom. The van der Waals surface area contributed by atoms with Crippen LogP contribution in [-0.2, 0) is 16.6 Å². The second kappa shape index (κ2) is 5.82. The molecular weight excluding hydrogens is 272 g/mol. The summed E-state index contributed by atoms with van der Waals surface area (Å²) in [6.07, 6.45) is 4.20. The van der Waals surface area contributed by atoms with Crippen LogP contribution in [0.3, 0.4) is 0 Å². The maximum atomic E-state index is 12.1. The lowest BCUT2D eigenvalue weighted by atomic mass is 9.98. The molecule has 2 rings (SSSR count). The highest BCUT2D eigenvalue weighted by Gasteiger charge is 2.34. The highest BCUT2D eigenvalue weighted by Crippen LogP contribution is 2.29. The van der Waals surface area contributed by atoms with Crippen molar-refractivity contribution in [3.63, 3.8) is 0 Å². The van der Waals surface area contributed by atoms with Crippen LogP contribution in [0.25, 0.3) is 0 Å². The molecule has 0 saturated heterocycles. The summed E-state index contributed by atoms with van der Waals surface area (Å²) in [5, 5.41) is 15.5. The number of nitrogens with zero attached hydrogens (tertiary/aromatic N) is 1. The van der Waals surface area contributed by atoms with Gasteiger partial charge in [-0.2, -0.15) is 0 Å². The summed E-state index contributed by atoms with van der Waals surface area (Å²) in [5.41, 5.74) is 0.459.